The van der Waals surface area contributed by atoms with Crippen LogP contribution in [-0.2, 0) is 16.2 Å². The van der Waals surface area contributed by atoms with Gasteiger partial charge in [0.1, 0.15) is 0 Å². The molecule has 1 heteroatoms. The molecular formula is C45H39N. The molecule has 0 bridgehead atoms. The van der Waals surface area contributed by atoms with E-state index in [1.807, 2.05) is 0 Å². The highest BCUT2D eigenvalue weighted by molar-refractivity contribution is 5.94. The number of nitrogens with zero attached hydrogens (tertiary/aromatic N) is 1. The molecule has 0 fully saturated rings. The van der Waals surface area contributed by atoms with Crippen molar-refractivity contribution in [3.63, 3.8) is 0 Å². The zero-order valence-electron chi connectivity index (χ0n) is 27.2. The number of hydrogen-bond donors (Lipinski definition) is 0. The van der Waals surface area contributed by atoms with Gasteiger partial charge in [0.25, 0.3) is 0 Å². The van der Waals surface area contributed by atoms with E-state index in [0.29, 0.717) is 0 Å². The number of rotatable bonds is 1. The highest BCUT2D eigenvalue weighted by Gasteiger charge is 2.48. The fourth-order valence-corrected chi connectivity index (χ4v) is 9.98. The van der Waals surface area contributed by atoms with E-state index in [2.05, 4.69) is 148 Å². The van der Waals surface area contributed by atoms with Crippen molar-refractivity contribution in [3.8, 4) is 22.3 Å². The van der Waals surface area contributed by atoms with Gasteiger partial charge in [0, 0.05) is 16.2 Å². The van der Waals surface area contributed by atoms with Crippen molar-refractivity contribution in [3.05, 3.63) is 160 Å². The molecule has 5 aliphatic rings. The quantitative estimate of drug-likeness (QED) is 0.187. The van der Waals surface area contributed by atoms with E-state index in [4.69, 9.17) is 0 Å². The molecule has 0 saturated carbocycles. The molecule has 1 spiro atoms. The third-order valence-electron chi connectivity index (χ3n) is 12.3. The molecule has 2 aliphatic heterocycles. The van der Waals surface area contributed by atoms with Gasteiger partial charge in [-0.05, 0) is 111 Å². The Morgan fingerprint density at radius 3 is 1.98 bits per heavy atom. The van der Waals surface area contributed by atoms with E-state index in [1.54, 1.807) is 11.1 Å². The molecule has 0 saturated heterocycles. The molecule has 2 heterocycles. The Hall–Kier alpha value is -4.62. The Morgan fingerprint density at radius 2 is 1.17 bits per heavy atom. The third-order valence-corrected chi connectivity index (χ3v) is 12.3. The normalized spacial score (nSPS) is 21.8. The van der Waals surface area contributed by atoms with Crippen LogP contribution in [0.4, 0.5) is 17.1 Å². The largest absolute Gasteiger partial charge is 0.309 e. The third kappa shape index (κ3) is 3.21. The van der Waals surface area contributed by atoms with E-state index in [0.717, 1.165) is 12.8 Å². The number of fused-ring (bicyclic) bond motifs is 9. The average Bonchev–Trinajstić information content (AvgIpc) is 3.60. The van der Waals surface area contributed by atoms with Crippen molar-refractivity contribution in [1.82, 2.24) is 0 Å². The summed E-state index contributed by atoms with van der Waals surface area (Å²) in [6.07, 6.45) is 9.47. The molecule has 0 amide bonds. The van der Waals surface area contributed by atoms with Crippen LogP contribution in [0, 0.1) is 0 Å². The number of para-hydroxylation sites is 2. The molecule has 3 aliphatic carbocycles. The summed E-state index contributed by atoms with van der Waals surface area (Å²) in [5, 5.41) is 0. The predicted molar refractivity (Wildman–Crippen MR) is 192 cm³/mol. The lowest BCUT2D eigenvalue weighted by Gasteiger charge is -2.49. The van der Waals surface area contributed by atoms with Gasteiger partial charge in [-0.25, -0.2) is 0 Å². The van der Waals surface area contributed by atoms with Crippen molar-refractivity contribution in [1.29, 1.82) is 0 Å². The maximum absolute atomic E-state index is 2.56. The number of allylic oxidation sites excluding steroid dienone is 4. The second kappa shape index (κ2) is 8.80. The summed E-state index contributed by atoms with van der Waals surface area (Å²) in [7, 11) is 0. The lowest BCUT2D eigenvalue weighted by molar-refractivity contribution is 0.556. The van der Waals surface area contributed by atoms with Crippen LogP contribution in [0.25, 0.3) is 22.3 Å². The van der Waals surface area contributed by atoms with Crippen molar-refractivity contribution in [2.45, 2.75) is 69.6 Å². The Balaban J connectivity index is 1.15. The van der Waals surface area contributed by atoms with Gasteiger partial charge in [-0.1, -0.05) is 124 Å². The minimum atomic E-state index is -0.134. The van der Waals surface area contributed by atoms with Crippen molar-refractivity contribution >= 4 is 17.1 Å². The lowest BCUT2D eigenvalue weighted by Crippen LogP contribution is -2.38. The average molecular weight is 594 g/mol. The molecule has 1 unspecified atom stereocenters. The van der Waals surface area contributed by atoms with Crippen LogP contribution in [0.3, 0.4) is 0 Å². The molecule has 224 valence electrons. The van der Waals surface area contributed by atoms with Crippen LogP contribution in [-0.4, -0.2) is 0 Å². The topological polar surface area (TPSA) is 3.24 Å². The van der Waals surface area contributed by atoms with E-state index >= 15 is 0 Å². The smallest absolute Gasteiger partial charge is 0.0543 e. The van der Waals surface area contributed by atoms with E-state index in [1.165, 1.54) is 85.5 Å². The Labute approximate surface area is 272 Å². The minimum Gasteiger partial charge on any atom is -0.309 e. The maximum atomic E-state index is 2.56. The van der Waals surface area contributed by atoms with Crippen molar-refractivity contribution in [2.75, 3.05) is 4.90 Å². The number of hydrogen-bond acceptors (Lipinski definition) is 1. The Kier molecular flexibility index (Phi) is 5.08. The van der Waals surface area contributed by atoms with Crippen molar-refractivity contribution in [2.24, 2.45) is 0 Å². The van der Waals surface area contributed by atoms with Gasteiger partial charge in [-0.15, -0.1) is 0 Å². The number of benzene rings is 5. The summed E-state index contributed by atoms with van der Waals surface area (Å²) < 4.78 is 0. The maximum Gasteiger partial charge on any atom is 0.0543 e. The molecule has 1 nitrogen and oxygen atoms in total. The molecule has 46 heavy (non-hydrogen) atoms. The summed E-state index contributed by atoms with van der Waals surface area (Å²) in [6, 6.07) is 39.9. The van der Waals surface area contributed by atoms with E-state index < -0.39 is 0 Å². The standard InChI is InChI=1S/C45H39N/c1-43(2)35-16-9-10-19-40(35)46-41-23-21-29(25-39(41)44(3,4)37-18-11-17-36(43)42(37)46)28-20-22-33-32-14-7-8-15-34(32)45(38(33)24-28)26-30-12-5-6-13-31(30)27-45/h5,7-12,14-25H,6,13,26-27H2,1-4H3. The van der Waals surface area contributed by atoms with Gasteiger partial charge in [-0.3, -0.25) is 0 Å². The van der Waals surface area contributed by atoms with Gasteiger partial charge in [0.05, 0.1) is 17.1 Å². The van der Waals surface area contributed by atoms with Gasteiger partial charge in [0.15, 0.2) is 0 Å². The Morgan fingerprint density at radius 1 is 0.543 bits per heavy atom. The summed E-state index contributed by atoms with van der Waals surface area (Å²) in [4.78, 5) is 2.56. The first-order chi connectivity index (χ1) is 22.3. The zero-order chi connectivity index (χ0) is 31.0. The van der Waals surface area contributed by atoms with E-state index in [-0.39, 0.29) is 16.2 Å². The zero-order valence-corrected chi connectivity index (χ0v) is 27.2. The Bertz CT molecular complexity index is 2220. The predicted octanol–water partition coefficient (Wildman–Crippen LogP) is 11.8. The van der Waals surface area contributed by atoms with Gasteiger partial charge in [-0.2, -0.15) is 0 Å². The minimum absolute atomic E-state index is 0.0500. The van der Waals surface area contributed by atoms with Gasteiger partial charge < -0.3 is 4.90 Å². The fourth-order valence-electron chi connectivity index (χ4n) is 9.98. The second-order valence-electron chi connectivity index (χ2n) is 15.3. The molecule has 5 aromatic rings. The summed E-state index contributed by atoms with van der Waals surface area (Å²) in [6.45, 7) is 9.62. The summed E-state index contributed by atoms with van der Waals surface area (Å²) >= 11 is 0. The lowest BCUT2D eigenvalue weighted by atomic mass is 9.66. The molecule has 0 N–H and O–H groups in total. The van der Waals surface area contributed by atoms with E-state index in [9.17, 15) is 0 Å². The molecule has 10 rings (SSSR count). The van der Waals surface area contributed by atoms with Crippen molar-refractivity contribution < 1.29 is 0 Å². The molecule has 1 atom stereocenters. The van der Waals surface area contributed by atoms with Crippen LogP contribution in [0.5, 0.6) is 0 Å². The van der Waals surface area contributed by atoms with Gasteiger partial charge in [0.2, 0.25) is 0 Å². The summed E-state index contributed by atoms with van der Waals surface area (Å²) in [5.41, 5.74) is 21.2. The van der Waals surface area contributed by atoms with Crippen LogP contribution in [0.2, 0.25) is 0 Å². The fraction of sp³-hybridized carbons (Fsp3) is 0.244. The molecule has 0 aromatic heterocycles. The van der Waals surface area contributed by atoms with Gasteiger partial charge >= 0.3 is 0 Å². The SMILES string of the molecule is CC1(C)c2ccccc2N2c3ccc(-c4ccc5c(c4)C4(CC6=C(CCC=C6)C4)c4ccccc4-5)cc3C(C)(C)c3cccc1c32. The summed E-state index contributed by atoms with van der Waals surface area (Å²) in [5.74, 6) is 0. The second-order valence-corrected chi connectivity index (χ2v) is 15.3. The molecular weight excluding hydrogens is 555 g/mol. The first kappa shape index (κ1) is 26.6. The van der Waals surface area contributed by atoms with Crippen LogP contribution < -0.4 is 4.90 Å². The monoisotopic (exact) mass is 593 g/mol. The number of anilines is 3. The molecule has 5 aromatic carbocycles. The highest BCUT2D eigenvalue weighted by Crippen LogP contribution is 2.62. The molecule has 0 radical (unpaired) electrons. The first-order valence-electron chi connectivity index (χ1n) is 17.1. The van der Waals surface area contributed by atoms with Crippen LogP contribution in [0.15, 0.2) is 126 Å². The first-order valence-corrected chi connectivity index (χ1v) is 17.1. The highest BCUT2D eigenvalue weighted by atomic mass is 15.2. The van der Waals surface area contributed by atoms with Crippen LogP contribution >= 0.6 is 0 Å². The van der Waals surface area contributed by atoms with Crippen LogP contribution in [0.1, 0.15) is 86.8 Å².